The third-order valence-electron chi connectivity index (χ3n) is 6.44. The summed E-state index contributed by atoms with van der Waals surface area (Å²) in [6.07, 6.45) is -0.358. The largest absolute Gasteiger partial charge is 0.389 e. The fraction of sp³-hybridized carbons (Fsp3) is 0.222. The summed E-state index contributed by atoms with van der Waals surface area (Å²) in [6, 6.07) is 22.2. The van der Waals surface area contributed by atoms with E-state index < -0.39 is 45.6 Å². The Morgan fingerprint density at radius 2 is 1.38 bits per heavy atom. The molecule has 0 heterocycles. The average Bonchev–Trinajstić information content (AvgIpc) is 2.83. The lowest BCUT2D eigenvalue weighted by Gasteiger charge is -2.44. The number of rotatable bonds is 6. The Morgan fingerprint density at radius 3 is 1.88 bits per heavy atom. The number of nitro groups is 1. The first kappa shape index (κ1) is 23.2. The molecular formula is C27H23NO6. The van der Waals surface area contributed by atoms with E-state index in [0.717, 1.165) is 0 Å². The molecule has 7 nitrogen and oxygen atoms in total. The highest BCUT2D eigenvalue weighted by Crippen LogP contribution is 2.48. The van der Waals surface area contributed by atoms with Crippen LogP contribution in [0.3, 0.4) is 0 Å². The fourth-order valence-corrected chi connectivity index (χ4v) is 4.87. The molecule has 1 saturated carbocycles. The van der Waals surface area contributed by atoms with Crippen molar-refractivity contribution in [2.75, 3.05) is 0 Å². The average molecular weight is 457 g/mol. The maximum Gasteiger partial charge on any atom is 0.269 e. The van der Waals surface area contributed by atoms with E-state index in [0.29, 0.717) is 16.7 Å². The van der Waals surface area contributed by atoms with Crippen molar-refractivity contribution in [2.24, 2.45) is 11.8 Å². The molecule has 3 aromatic carbocycles. The number of Topliss-reactive ketones (excluding diaryl/α,β-unsaturated/α-hetero) is 3. The summed E-state index contributed by atoms with van der Waals surface area (Å²) in [5, 5.41) is 22.5. The number of non-ortho nitro benzene ring substituents is 1. The van der Waals surface area contributed by atoms with Gasteiger partial charge in [0.1, 0.15) is 5.78 Å². The number of nitrogens with zero attached hydrogens (tertiary/aromatic N) is 1. The van der Waals surface area contributed by atoms with Gasteiger partial charge in [-0.1, -0.05) is 72.8 Å². The van der Waals surface area contributed by atoms with Gasteiger partial charge >= 0.3 is 0 Å². The van der Waals surface area contributed by atoms with Crippen molar-refractivity contribution in [3.05, 3.63) is 112 Å². The summed E-state index contributed by atoms with van der Waals surface area (Å²) >= 11 is 0. The standard InChI is InChI=1S/C27H23NO6/c1-27(32)16-21(29)23(25(30)18-8-4-2-5-9-18)22(17-12-14-20(15-13-17)28(33)34)24(27)26(31)19-10-6-3-7-11-19/h2-15,22-24,32H,16H2,1H3/t22-,23+,24+,27+/m1/s1. The van der Waals surface area contributed by atoms with Crippen molar-refractivity contribution >= 4 is 23.0 Å². The second kappa shape index (κ2) is 9.11. The summed E-state index contributed by atoms with van der Waals surface area (Å²) < 4.78 is 0. The van der Waals surface area contributed by atoms with E-state index in [4.69, 9.17) is 0 Å². The molecule has 0 aliphatic heterocycles. The van der Waals surface area contributed by atoms with E-state index in [9.17, 15) is 29.6 Å². The lowest BCUT2D eigenvalue weighted by Crippen LogP contribution is -2.54. The zero-order valence-corrected chi connectivity index (χ0v) is 18.5. The summed E-state index contributed by atoms with van der Waals surface area (Å²) in [5.41, 5.74) is -0.804. The maximum atomic E-state index is 13.7. The molecule has 0 amide bonds. The van der Waals surface area contributed by atoms with Crippen molar-refractivity contribution in [1.82, 2.24) is 0 Å². The predicted molar refractivity (Wildman–Crippen MR) is 125 cm³/mol. The van der Waals surface area contributed by atoms with Crippen LogP contribution >= 0.6 is 0 Å². The van der Waals surface area contributed by atoms with Gasteiger partial charge in [0.15, 0.2) is 11.6 Å². The van der Waals surface area contributed by atoms with E-state index >= 15 is 0 Å². The first-order chi connectivity index (χ1) is 16.2. The molecule has 0 unspecified atom stereocenters. The molecule has 0 bridgehead atoms. The molecule has 0 saturated heterocycles. The Morgan fingerprint density at radius 1 is 0.882 bits per heavy atom. The van der Waals surface area contributed by atoms with Crippen molar-refractivity contribution in [3.63, 3.8) is 0 Å². The number of ketones is 3. The predicted octanol–water partition coefficient (Wildman–Crippen LogP) is 4.40. The van der Waals surface area contributed by atoms with Crippen LogP contribution < -0.4 is 0 Å². The topological polar surface area (TPSA) is 115 Å². The first-order valence-electron chi connectivity index (χ1n) is 10.9. The number of hydrogen-bond acceptors (Lipinski definition) is 6. The van der Waals surface area contributed by atoms with Crippen LogP contribution in [0.25, 0.3) is 0 Å². The van der Waals surface area contributed by atoms with Crippen molar-refractivity contribution in [3.8, 4) is 0 Å². The highest BCUT2D eigenvalue weighted by molar-refractivity contribution is 6.13. The van der Waals surface area contributed by atoms with Crippen LogP contribution in [0.4, 0.5) is 5.69 Å². The van der Waals surface area contributed by atoms with Crippen LogP contribution in [0.15, 0.2) is 84.9 Å². The van der Waals surface area contributed by atoms with Crippen molar-refractivity contribution in [1.29, 1.82) is 0 Å². The highest BCUT2D eigenvalue weighted by Gasteiger charge is 2.55. The summed E-state index contributed by atoms with van der Waals surface area (Å²) in [6.45, 7) is 1.43. The van der Waals surface area contributed by atoms with Crippen molar-refractivity contribution < 1.29 is 24.4 Å². The van der Waals surface area contributed by atoms with Gasteiger partial charge in [0, 0.05) is 35.6 Å². The van der Waals surface area contributed by atoms with Crippen LogP contribution in [-0.4, -0.2) is 33.0 Å². The number of carbonyl (C=O) groups excluding carboxylic acids is 3. The van der Waals surface area contributed by atoms with Gasteiger partial charge in [-0.25, -0.2) is 0 Å². The maximum absolute atomic E-state index is 13.7. The second-order valence-electron chi connectivity index (χ2n) is 8.79. The lowest BCUT2D eigenvalue weighted by molar-refractivity contribution is -0.384. The Hall–Kier alpha value is -3.97. The second-order valence-corrected chi connectivity index (χ2v) is 8.79. The van der Waals surface area contributed by atoms with Crippen LogP contribution in [0, 0.1) is 22.0 Å². The monoisotopic (exact) mass is 457 g/mol. The molecule has 1 N–H and O–H groups in total. The third-order valence-corrected chi connectivity index (χ3v) is 6.44. The molecule has 1 aliphatic carbocycles. The van der Waals surface area contributed by atoms with Crippen LogP contribution in [0.2, 0.25) is 0 Å². The number of carbonyl (C=O) groups is 3. The van der Waals surface area contributed by atoms with Gasteiger partial charge in [0.25, 0.3) is 5.69 Å². The Bertz CT molecular complexity index is 1240. The Kier molecular flexibility index (Phi) is 6.22. The van der Waals surface area contributed by atoms with Gasteiger partial charge in [-0.3, -0.25) is 24.5 Å². The van der Waals surface area contributed by atoms with E-state index in [2.05, 4.69) is 0 Å². The van der Waals surface area contributed by atoms with E-state index in [1.54, 1.807) is 60.7 Å². The van der Waals surface area contributed by atoms with Crippen molar-refractivity contribution in [2.45, 2.75) is 24.9 Å². The van der Waals surface area contributed by atoms with E-state index in [-0.39, 0.29) is 12.1 Å². The number of hydrogen-bond donors (Lipinski definition) is 1. The molecular weight excluding hydrogens is 434 g/mol. The smallest absolute Gasteiger partial charge is 0.269 e. The fourth-order valence-electron chi connectivity index (χ4n) is 4.87. The van der Waals surface area contributed by atoms with E-state index in [1.807, 2.05) is 0 Å². The normalized spacial score (nSPS) is 24.4. The molecule has 0 aromatic heterocycles. The molecule has 0 spiro atoms. The highest BCUT2D eigenvalue weighted by atomic mass is 16.6. The molecule has 1 aliphatic rings. The zero-order chi connectivity index (χ0) is 24.5. The van der Waals surface area contributed by atoms with Gasteiger partial charge in [-0.05, 0) is 12.5 Å². The molecule has 4 atom stereocenters. The van der Waals surface area contributed by atoms with Gasteiger partial charge < -0.3 is 5.11 Å². The summed E-state index contributed by atoms with van der Waals surface area (Å²) in [7, 11) is 0. The Balaban J connectivity index is 1.89. The summed E-state index contributed by atoms with van der Waals surface area (Å²) in [5.74, 6) is -4.66. The number of nitro benzene ring substituents is 1. The number of benzene rings is 3. The van der Waals surface area contributed by atoms with Gasteiger partial charge in [0.2, 0.25) is 0 Å². The SMILES string of the molecule is C[C@]1(O)CC(=O)[C@H](C(=O)c2ccccc2)[C@@H](c2ccc([N+](=O)[O-])cc2)[C@H]1C(=O)c1ccccc1. The van der Waals surface area contributed by atoms with Gasteiger partial charge in [0.05, 0.1) is 22.4 Å². The quantitative estimate of drug-likeness (QED) is 0.254. The summed E-state index contributed by atoms with van der Waals surface area (Å²) in [4.78, 5) is 51.2. The first-order valence-corrected chi connectivity index (χ1v) is 10.9. The molecule has 172 valence electrons. The zero-order valence-electron chi connectivity index (χ0n) is 18.5. The van der Waals surface area contributed by atoms with Gasteiger partial charge in [-0.15, -0.1) is 0 Å². The van der Waals surface area contributed by atoms with Crippen LogP contribution in [-0.2, 0) is 4.79 Å². The molecule has 34 heavy (non-hydrogen) atoms. The minimum Gasteiger partial charge on any atom is -0.389 e. The van der Waals surface area contributed by atoms with Crippen LogP contribution in [0.1, 0.15) is 45.5 Å². The minimum atomic E-state index is -1.72. The third kappa shape index (κ3) is 4.30. The van der Waals surface area contributed by atoms with Gasteiger partial charge in [-0.2, -0.15) is 0 Å². The minimum absolute atomic E-state index is 0.158. The molecule has 0 radical (unpaired) electrons. The molecule has 7 heteroatoms. The number of aliphatic hydroxyl groups is 1. The van der Waals surface area contributed by atoms with E-state index in [1.165, 1.54) is 31.2 Å². The Labute approximate surface area is 196 Å². The molecule has 3 aromatic rings. The molecule has 1 fully saturated rings. The molecule has 4 rings (SSSR count). The lowest BCUT2D eigenvalue weighted by atomic mass is 9.58. The van der Waals surface area contributed by atoms with Crippen LogP contribution in [0.5, 0.6) is 0 Å².